The summed E-state index contributed by atoms with van der Waals surface area (Å²) in [5.41, 5.74) is 3.06. The summed E-state index contributed by atoms with van der Waals surface area (Å²) in [4.78, 5) is 23.8. The van der Waals surface area contributed by atoms with E-state index in [0.717, 1.165) is 47.5 Å². The van der Waals surface area contributed by atoms with Gasteiger partial charge in [-0.1, -0.05) is 23.9 Å². The van der Waals surface area contributed by atoms with E-state index in [4.69, 9.17) is 10.00 Å². The number of aromatic nitrogens is 2. The Morgan fingerprint density at radius 2 is 1.97 bits per heavy atom. The molecule has 1 aliphatic rings. The normalized spacial score (nSPS) is 13.2. The van der Waals surface area contributed by atoms with Gasteiger partial charge in [-0.25, -0.2) is 9.97 Å². The van der Waals surface area contributed by atoms with E-state index in [9.17, 15) is 4.79 Å². The van der Waals surface area contributed by atoms with Crippen molar-refractivity contribution in [2.24, 2.45) is 0 Å². The number of morpholine rings is 1. The number of amides is 1. The Labute approximate surface area is 197 Å². The first-order chi connectivity index (χ1) is 16.2. The molecule has 2 heterocycles. The summed E-state index contributed by atoms with van der Waals surface area (Å²) in [6.45, 7) is 3.71. The molecule has 1 aliphatic heterocycles. The topological polar surface area (TPSA) is 103 Å². The largest absolute Gasteiger partial charge is 0.378 e. The van der Waals surface area contributed by atoms with Gasteiger partial charge in [-0.3, -0.25) is 4.79 Å². The van der Waals surface area contributed by atoms with Gasteiger partial charge in [-0.2, -0.15) is 5.26 Å². The molecule has 2 N–H and O–H groups in total. The van der Waals surface area contributed by atoms with Crippen LogP contribution in [0.15, 0.2) is 70.7 Å². The third kappa shape index (κ3) is 6.68. The summed E-state index contributed by atoms with van der Waals surface area (Å²) >= 11 is 1.52. The summed E-state index contributed by atoms with van der Waals surface area (Å²) in [7, 11) is 0. The lowest BCUT2D eigenvalue weighted by molar-refractivity contribution is -0.120. The number of ether oxygens (including phenoxy) is 1. The highest BCUT2D eigenvalue weighted by Gasteiger charge is 2.11. The number of carbonyl (C=O) groups excluding carboxylic acids is 1. The molecule has 2 aromatic carbocycles. The second-order valence-electron chi connectivity index (χ2n) is 7.35. The van der Waals surface area contributed by atoms with Crippen LogP contribution in [0.1, 0.15) is 12.0 Å². The number of nitrogens with one attached hydrogen (secondary N) is 2. The quantitative estimate of drug-likeness (QED) is 0.490. The van der Waals surface area contributed by atoms with E-state index in [0.29, 0.717) is 12.5 Å². The zero-order valence-corrected chi connectivity index (χ0v) is 18.8. The maximum Gasteiger partial charge on any atom is 0.234 e. The SMILES string of the molecule is N#CCC(=O)NCc1cccc(Sc2ccnc(Nc3ccc(N4CCOCC4)cc3)n2)c1. The predicted octanol–water partition coefficient (Wildman–Crippen LogP) is 3.74. The minimum absolute atomic E-state index is 0.138. The monoisotopic (exact) mass is 460 g/mol. The molecule has 3 aromatic rings. The van der Waals surface area contributed by atoms with Gasteiger partial charge in [-0.15, -0.1) is 0 Å². The predicted molar refractivity (Wildman–Crippen MR) is 127 cm³/mol. The van der Waals surface area contributed by atoms with Crippen molar-refractivity contribution in [1.29, 1.82) is 5.26 Å². The van der Waals surface area contributed by atoms with Crippen LogP contribution in [-0.4, -0.2) is 42.2 Å². The Morgan fingerprint density at radius 1 is 1.15 bits per heavy atom. The first-order valence-electron chi connectivity index (χ1n) is 10.6. The van der Waals surface area contributed by atoms with E-state index in [1.807, 2.05) is 48.5 Å². The van der Waals surface area contributed by atoms with Gasteiger partial charge in [0.2, 0.25) is 11.9 Å². The van der Waals surface area contributed by atoms with Gasteiger partial charge in [0.1, 0.15) is 11.4 Å². The molecule has 1 aromatic heterocycles. The van der Waals surface area contributed by atoms with Gasteiger partial charge in [0, 0.05) is 42.1 Å². The van der Waals surface area contributed by atoms with Crippen LogP contribution in [0.25, 0.3) is 0 Å². The summed E-state index contributed by atoms with van der Waals surface area (Å²) in [6.07, 6.45) is 1.59. The maximum atomic E-state index is 11.5. The van der Waals surface area contributed by atoms with E-state index in [1.165, 1.54) is 17.4 Å². The molecular formula is C24H24N6O2S. The molecule has 0 bridgehead atoms. The molecule has 168 valence electrons. The van der Waals surface area contributed by atoms with Crippen molar-refractivity contribution in [3.8, 4) is 6.07 Å². The highest BCUT2D eigenvalue weighted by Crippen LogP contribution is 2.28. The van der Waals surface area contributed by atoms with Crippen LogP contribution >= 0.6 is 11.8 Å². The number of benzene rings is 2. The molecule has 0 saturated carbocycles. The van der Waals surface area contributed by atoms with Crippen LogP contribution in [-0.2, 0) is 16.1 Å². The Bertz CT molecular complexity index is 1130. The summed E-state index contributed by atoms with van der Waals surface area (Å²) in [5, 5.41) is 15.4. The number of rotatable bonds is 8. The number of carbonyl (C=O) groups is 1. The van der Waals surface area contributed by atoms with Crippen LogP contribution in [0.3, 0.4) is 0 Å². The third-order valence-corrected chi connectivity index (χ3v) is 5.91. The maximum absolute atomic E-state index is 11.5. The van der Waals surface area contributed by atoms with Crippen LogP contribution in [0.4, 0.5) is 17.3 Å². The molecule has 1 amide bonds. The number of anilines is 3. The van der Waals surface area contributed by atoms with Crippen molar-refractivity contribution in [3.63, 3.8) is 0 Å². The van der Waals surface area contributed by atoms with Crippen LogP contribution in [0, 0.1) is 11.3 Å². The van der Waals surface area contributed by atoms with Gasteiger partial charge in [0.05, 0.1) is 19.3 Å². The number of nitrogens with zero attached hydrogens (tertiary/aromatic N) is 4. The minimum Gasteiger partial charge on any atom is -0.378 e. The van der Waals surface area contributed by atoms with Crippen LogP contribution < -0.4 is 15.5 Å². The Morgan fingerprint density at radius 3 is 2.76 bits per heavy atom. The molecule has 9 heteroatoms. The summed E-state index contributed by atoms with van der Waals surface area (Å²) in [6, 6.07) is 19.8. The molecule has 0 atom stereocenters. The number of nitriles is 1. The van der Waals surface area contributed by atoms with E-state index < -0.39 is 0 Å². The fourth-order valence-corrected chi connectivity index (χ4v) is 4.20. The van der Waals surface area contributed by atoms with Gasteiger partial charge >= 0.3 is 0 Å². The highest BCUT2D eigenvalue weighted by molar-refractivity contribution is 7.99. The van der Waals surface area contributed by atoms with Gasteiger partial charge < -0.3 is 20.3 Å². The van der Waals surface area contributed by atoms with Crippen molar-refractivity contribution in [2.45, 2.75) is 22.9 Å². The molecular weight excluding hydrogens is 436 g/mol. The number of hydrogen-bond acceptors (Lipinski definition) is 8. The zero-order valence-electron chi connectivity index (χ0n) is 18.0. The second kappa shape index (κ2) is 11.3. The first kappa shape index (κ1) is 22.6. The lowest BCUT2D eigenvalue weighted by Gasteiger charge is -2.28. The Balaban J connectivity index is 1.36. The minimum atomic E-state index is -0.278. The van der Waals surface area contributed by atoms with Crippen molar-refractivity contribution in [2.75, 3.05) is 36.5 Å². The van der Waals surface area contributed by atoms with E-state index in [2.05, 4.69) is 37.6 Å². The van der Waals surface area contributed by atoms with Crippen molar-refractivity contribution >= 4 is 35.0 Å². The molecule has 8 nitrogen and oxygen atoms in total. The lowest BCUT2D eigenvalue weighted by atomic mass is 10.2. The molecule has 1 fully saturated rings. The fraction of sp³-hybridized carbons (Fsp3) is 0.250. The molecule has 0 radical (unpaired) electrons. The third-order valence-electron chi connectivity index (χ3n) is 4.98. The van der Waals surface area contributed by atoms with Gasteiger partial charge in [-0.05, 0) is 48.0 Å². The molecule has 0 unspecified atom stereocenters. The second-order valence-corrected chi connectivity index (χ2v) is 8.44. The Kier molecular flexibility index (Phi) is 7.74. The molecule has 0 aliphatic carbocycles. The smallest absolute Gasteiger partial charge is 0.234 e. The summed E-state index contributed by atoms with van der Waals surface area (Å²) < 4.78 is 5.41. The fourth-order valence-electron chi connectivity index (χ4n) is 3.34. The molecule has 1 saturated heterocycles. The van der Waals surface area contributed by atoms with Crippen LogP contribution in [0.2, 0.25) is 0 Å². The van der Waals surface area contributed by atoms with Crippen molar-refractivity contribution in [3.05, 3.63) is 66.4 Å². The molecule has 4 rings (SSSR count). The lowest BCUT2D eigenvalue weighted by Crippen LogP contribution is -2.36. The van der Waals surface area contributed by atoms with Gasteiger partial charge in [0.15, 0.2) is 0 Å². The zero-order chi connectivity index (χ0) is 22.9. The van der Waals surface area contributed by atoms with Crippen LogP contribution in [0.5, 0.6) is 0 Å². The van der Waals surface area contributed by atoms with Gasteiger partial charge in [0.25, 0.3) is 0 Å². The van der Waals surface area contributed by atoms with E-state index in [-0.39, 0.29) is 12.3 Å². The highest BCUT2D eigenvalue weighted by atomic mass is 32.2. The van der Waals surface area contributed by atoms with E-state index >= 15 is 0 Å². The van der Waals surface area contributed by atoms with E-state index in [1.54, 1.807) is 6.20 Å². The Hall–Kier alpha value is -3.61. The standard InChI is InChI=1S/C24H24N6O2S/c25-10-8-22(31)27-17-18-2-1-3-21(16-18)33-23-9-11-26-24(29-23)28-19-4-6-20(7-5-19)30-12-14-32-15-13-30/h1-7,9,11,16H,8,12-15,17H2,(H,27,31)(H,26,28,29). The van der Waals surface area contributed by atoms with Crippen molar-refractivity contribution < 1.29 is 9.53 Å². The molecule has 33 heavy (non-hydrogen) atoms. The first-order valence-corrected chi connectivity index (χ1v) is 11.4. The average molecular weight is 461 g/mol. The summed E-state index contributed by atoms with van der Waals surface area (Å²) in [5.74, 6) is 0.249. The molecule has 0 spiro atoms. The average Bonchev–Trinajstić information content (AvgIpc) is 2.85. The number of hydrogen-bond donors (Lipinski definition) is 2. The van der Waals surface area contributed by atoms with Crippen molar-refractivity contribution in [1.82, 2.24) is 15.3 Å².